The fourth-order valence-corrected chi connectivity index (χ4v) is 5.12. The number of hydrogen-bond acceptors (Lipinski definition) is 6. The van der Waals surface area contributed by atoms with Crippen molar-refractivity contribution in [2.75, 3.05) is 25.7 Å². The van der Waals surface area contributed by atoms with Crippen molar-refractivity contribution in [2.45, 2.75) is 13.0 Å². The fourth-order valence-electron chi connectivity index (χ4n) is 3.39. The summed E-state index contributed by atoms with van der Waals surface area (Å²) in [6.45, 7) is 2.19. The van der Waals surface area contributed by atoms with Crippen LogP contribution in [-0.4, -0.2) is 67.7 Å². The molecule has 2 unspecified atom stereocenters. The summed E-state index contributed by atoms with van der Waals surface area (Å²) in [5, 5.41) is 0. The monoisotopic (exact) mass is 515 g/mol. The van der Waals surface area contributed by atoms with Crippen LogP contribution in [-0.2, 0) is 9.84 Å². The van der Waals surface area contributed by atoms with E-state index in [1.54, 1.807) is 36.4 Å². The number of carbonyl (C=O) groups is 2. The first-order chi connectivity index (χ1) is 13.7. The van der Waals surface area contributed by atoms with Crippen LogP contribution in [0, 0.1) is 0 Å². The van der Waals surface area contributed by atoms with Crippen LogP contribution in [0.5, 0.6) is 11.5 Å². The zero-order valence-electron chi connectivity index (χ0n) is 16.7. The van der Waals surface area contributed by atoms with Crippen molar-refractivity contribution in [1.29, 1.82) is 0 Å². The summed E-state index contributed by atoms with van der Waals surface area (Å²) in [5.74, 6) is -0.461. The smallest absolute Gasteiger partial charge is 0.147 e. The van der Waals surface area contributed by atoms with Gasteiger partial charge in [-0.05, 0) is 0 Å². The molecule has 2 aromatic carbocycles. The van der Waals surface area contributed by atoms with Gasteiger partial charge in [0.1, 0.15) is 0 Å². The molecule has 0 N–H and O–H groups in total. The van der Waals surface area contributed by atoms with Gasteiger partial charge < -0.3 is 0 Å². The Hall–Kier alpha value is -2.02. The van der Waals surface area contributed by atoms with E-state index in [2.05, 4.69) is 0 Å². The van der Waals surface area contributed by atoms with Crippen molar-refractivity contribution in [2.24, 2.45) is 0 Å². The largest absolute Gasteiger partial charge is 0.147 e. The van der Waals surface area contributed by atoms with E-state index in [0.717, 1.165) is 15.5 Å². The van der Waals surface area contributed by atoms with Crippen LogP contribution < -0.4 is 13.8 Å². The average Bonchev–Trinajstić information content (AvgIpc) is 2.91. The Kier molecular flexibility index (Phi) is 7.61. The Morgan fingerprint density at radius 1 is 1.10 bits per heavy atom. The number of halogens is 1. The minimum absolute atomic E-state index is 0. The van der Waals surface area contributed by atoms with E-state index in [1.165, 1.54) is 24.0 Å². The van der Waals surface area contributed by atoms with Crippen molar-refractivity contribution in [3.63, 3.8) is 0 Å². The molecule has 10 heteroatoms. The second-order valence-electron chi connectivity index (χ2n) is 6.70. The third-order valence-electron chi connectivity index (χ3n) is 4.62. The van der Waals surface area contributed by atoms with E-state index in [4.69, 9.17) is 9.47 Å². The van der Waals surface area contributed by atoms with Crippen molar-refractivity contribution >= 4 is 55.3 Å². The number of imide groups is 1. The topological polar surface area (TPSA) is 90.0 Å². The SMILES string of the molecule is CCOc1cc(C(CS(C)(=O)=O)N2C(=O)c3cccc([AsH2])c3C2=O)ccc1OC.Cl. The molecule has 30 heavy (non-hydrogen) atoms. The quantitative estimate of drug-likeness (QED) is 0.406. The summed E-state index contributed by atoms with van der Waals surface area (Å²) >= 11 is 1.23. The van der Waals surface area contributed by atoms with Crippen LogP contribution >= 0.6 is 12.4 Å². The molecule has 0 saturated carbocycles. The number of nitrogens with zero attached hydrogens (tertiary/aromatic N) is 1. The summed E-state index contributed by atoms with van der Waals surface area (Å²) in [4.78, 5) is 27.2. The third kappa shape index (κ3) is 4.66. The van der Waals surface area contributed by atoms with Crippen molar-refractivity contribution in [3.05, 3.63) is 53.1 Å². The minimum Gasteiger partial charge on any atom is -0.147 e. The molecular formula is C20H23AsClNO6S. The molecule has 0 fully saturated rings. The second kappa shape index (κ2) is 9.41. The molecule has 1 heterocycles. The maximum atomic E-state index is 13.1. The standard InChI is InChI=1S/C20H22AsNO6S.ClH/c1-4-28-17-10-12(8-9-16(17)27-2)15(11-29(3,25)26)22-19(23)13-6-5-7-14(21)18(13)20(22)24;/h5-10,15H,4,11,21H2,1-3H3;1H. The summed E-state index contributed by atoms with van der Waals surface area (Å²) in [5.41, 5.74) is 1.13. The first-order valence-corrected chi connectivity index (χ1v) is 12.2. The number of fused-ring (bicyclic) bond motifs is 1. The van der Waals surface area contributed by atoms with E-state index >= 15 is 0 Å². The molecule has 2 aromatic rings. The van der Waals surface area contributed by atoms with E-state index in [0.29, 0.717) is 34.8 Å². The molecule has 2 amide bonds. The zero-order chi connectivity index (χ0) is 21.3. The number of sulfone groups is 1. The van der Waals surface area contributed by atoms with Gasteiger partial charge >= 0.3 is 179 Å². The van der Waals surface area contributed by atoms with Gasteiger partial charge in [-0.15, -0.1) is 12.4 Å². The van der Waals surface area contributed by atoms with Gasteiger partial charge in [-0.1, -0.05) is 0 Å². The van der Waals surface area contributed by atoms with Crippen LogP contribution in [0.15, 0.2) is 36.4 Å². The number of ether oxygens (including phenoxy) is 2. The third-order valence-corrected chi connectivity index (χ3v) is 6.55. The zero-order valence-corrected chi connectivity index (χ0v) is 20.8. The molecule has 0 spiro atoms. The van der Waals surface area contributed by atoms with Crippen molar-refractivity contribution in [3.8, 4) is 11.5 Å². The van der Waals surface area contributed by atoms with Gasteiger partial charge in [-0.25, -0.2) is 0 Å². The summed E-state index contributed by atoms with van der Waals surface area (Å²) in [6.07, 6.45) is 1.08. The van der Waals surface area contributed by atoms with Gasteiger partial charge in [0.05, 0.1) is 0 Å². The molecule has 7 nitrogen and oxygen atoms in total. The van der Waals surface area contributed by atoms with Crippen LogP contribution in [0.1, 0.15) is 39.2 Å². The van der Waals surface area contributed by atoms with Gasteiger partial charge in [0.15, 0.2) is 0 Å². The molecule has 162 valence electrons. The van der Waals surface area contributed by atoms with Crippen LogP contribution in [0.25, 0.3) is 0 Å². The maximum Gasteiger partial charge on any atom is -0.147 e. The van der Waals surface area contributed by atoms with Gasteiger partial charge in [-0.2, -0.15) is 0 Å². The Balaban J connectivity index is 0.00000320. The summed E-state index contributed by atoms with van der Waals surface area (Å²) in [7, 11) is -2.01. The number of carbonyl (C=O) groups excluding carboxylic acids is 2. The summed E-state index contributed by atoms with van der Waals surface area (Å²) < 4.78 is 35.9. The van der Waals surface area contributed by atoms with Crippen molar-refractivity contribution < 1.29 is 27.5 Å². The fraction of sp³-hybridized carbons (Fsp3) is 0.300. The van der Waals surface area contributed by atoms with E-state index < -0.39 is 27.7 Å². The van der Waals surface area contributed by atoms with Crippen LogP contribution in [0.3, 0.4) is 0 Å². The van der Waals surface area contributed by atoms with E-state index in [1.807, 2.05) is 6.92 Å². The molecular weight excluding hydrogens is 493 g/mol. The number of hydrogen-bond donors (Lipinski definition) is 0. The maximum absolute atomic E-state index is 13.1. The molecule has 0 saturated heterocycles. The van der Waals surface area contributed by atoms with Gasteiger partial charge in [0, 0.05) is 0 Å². The molecule has 0 aromatic heterocycles. The van der Waals surface area contributed by atoms with Crippen LogP contribution in [0.4, 0.5) is 0 Å². The normalized spacial score (nSPS) is 14.2. The predicted molar refractivity (Wildman–Crippen MR) is 119 cm³/mol. The number of benzene rings is 2. The molecule has 3 rings (SSSR count). The summed E-state index contributed by atoms with van der Waals surface area (Å²) in [6, 6.07) is 9.03. The Labute approximate surface area is 190 Å². The molecule has 1 aliphatic rings. The molecule has 0 radical (unpaired) electrons. The Morgan fingerprint density at radius 3 is 2.37 bits per heavy atom. The number of amides is 2. The van der Waals surface area contributed by atoms with Gasteiger partial charge in [0.2, 0.25) is 0 Å². The minimum atomic E-state index is -3.51. The molecule has 2 atom stereocenters. The first-order valence-electron chi connectivity index (χ1n) is 8.92. The Bertz CT molecular complexity index is 1090. The molecule has 0 bridgehead atoms. The number of methoxy groups -OCH3 is 1. The first kappa shape index (κ1) is 24.2. The van der Waals surface area contributed by atoms with Crippen LogP contribution in [0.2, 0.25) is 0 Å². The van der Waals surface area contributed by atoms with Gasteiger partial charge in [-0.3, -0.25) is 0 Å². The average molecular weight is 516 g/mol. The molecule has 1 aliphatic heterocycles. The van der Waals surface area contributed by atoms with Crippen molar-refractivity contribution in [1.82, 2.24) is 4.90 Å². The second-order valence-corrected chi connectivity index (χ2v) is 10.2. The van der Waals surface area contributed by atoms with E-state index in [9.17, 15) is 18.0 Å². The van der Waals surface area contributed by atoms with E-state index in [-0.39, 0.29) is 18.2 Å². The number of rotatable bonds is 7. The predicted octanol–water partition coefficient (Wildman–Crippen LogP) is 1.16. The Morgan fingerprint density at radius 2 is 1.80 bits per heavy atom. The van der Waals surface area contributed by atoms with Gasteiger partial charge in [0.25, 0.3) is 0 Å². The molecule has 0 aliphatic carbocycles.